The summed E-state index contributed by atoms with van der Waals surface area (Å²) in [5.74, 6) is 0.737. The molecule has 1 aliphatic rings. The van der Waals surface area contributed by atoms with E-state index >= 15 is 0 Å². The van der Waals surface area contributed by atoms with Crippen molar-refractivity contribution < 1.29 is 9.53 Å². The molecule has 0 aromatic heterocycles. The van der Waals surface area contributed by atoms with Crippen LogP contribution >= 0.6 is 0 Å². The molecule has 0 bridgehead atoms. The largest absolute Gasteiger partial charge is 0.496 e. The number of hydrogen-bond acceptors (Lipinski definition) is 2. The summed E-state index contributed by atoms with van der Waals surface area (Å²) in [7, 11) is 1.60. The normalized spacial score (nSPS) is 12.9. The van der Waals surface area contributed by atoms with Gasteiger partial charge in [-0.2, -0.15) is 0 Å². The number of rotatable bonds is 1. The quantitative estimate of drug-likeness (QED) is 0.635. The van der Waals surface area contributed by atoms with Gasteiger partial charge in [-0.15, -0.1) is 0 Å². The van der Waals surface area contributed by atoms with E-state index in [2.05, 4.69) is 0 Å². The Balaban J connectivity index is 2.24. The molecule has 1 aliphatic carbocycles. The maximum atomic E-state index is 12.4. The first-order chi connectivity index (χ1) is 8.31. The van der Waals surface area contributed by atoms with Crippen LogP contribution in [0.5, 0.6) is 5.75 Å². The highest BCUT2D eigenvalue weighted by atomic mass is 16.5. The summed E-state index contributed by atoms with van der Waals surface area (Å²) >= 11 is 0. The van der Waals surface area contributed by atoms with E-state index < -0.39 is 0 Å². The lowest BCUT2D eigenvalue weighted by molar-refractivity contribution is 0.103. The van der Waals surface area contributed by atoms with Crippen LogP contribution < -0.4 is 4.74 Å². The molecular weight excluding hydrogens is 212 g/mol. The Kier molecular flexibility index (Phi) is 2.22. The summed E-state index contributed by atoms with van der Waals surface area (Å²) in [6, 6.07) is 13.5. The maximum absolute atomic E-state index is 12.4. The highest BCUT2D eigenvalue weighted by Crippen LogP contribution is 2.32. The number of ether oxygens (including phenoxy) is 1. The van der Waals surface area contributed by atoms with Gasteiger partial charge in [0.1, 0.15) is 5.75 Å². The third-order valence-electron chi connectivity index (χ3n) is 3.20. The molecule has 0 saturated carbocycles. The van der Waals surface area contributed by atoms with Gasteiger partial charge in [0.25, 0.3) is 0 Å². The minimum absolute atomic E-state index is 0.0688. The zero-order valence-corrected chi connectivity index (χ0v) is 9.57. The Morgan fingerprint density at radius 3 is 2.59 bits per heavy atom. The van der Waals surface area contributed by atoms with E-state index in [1.807, 2.05) is 42.5 Å². The molecule has 0 fully saturated rings. The van der Waals surface area contributed by atoms with Crippen LogP contribution in [0.25, 0.3) is 0 Å². The van der Waals surface area contributed by atoms with Gasteiger partial charge in [-0.25, -0.2) is 0 Å². The monoisotopic (exact) mass is 224 g/mol. The molecule has 3 rings (SSSR count). The minimum Gasteiger partial charge on any atom is -0.496 e. The second-order valence-corrected chi connectivity index (χ2v) is 4.16. The van der Waals surface area contributed by atoms with E-state index in [4.69, 9.17) is 4.74 Å². The van der Waals surface area contributed by atoms with Crippen molar-refractivity contribution in [3.05, 3.63) is 64.7 Å². The fraction of sp³-hybridized carbons (Fsp3) is 0.133. The van der Waals surface area contributed by atoms with Gasteiger partial charge in [0.15, 0.2) is 5.78 Å². The van der Waals surface area contributed by atoms with Gasteiger partial charge in [-0.1, -0.05) is 36.4 Å². The van der Waals surface area contributed by atoms with E-state index in [0.717, 1.165) is 23.1 Å². The van der Waals surface area contributed by atoms with Crippen molar-refractivity contribution >= 4 is 5.78 Å². The molecule has 17 heavy (non-hydrogen) atoms. The molecule has 84 valence electrons. The number of fused-ring (bicyclic) bond motifs is 2. The molecular formula is C15H12O2. The molecule has 2 aromatic carbocycles. The van der Waals surface area contributed by atoms with Crippen LogP contribution in [-0.2, 0) is 6.42 Å². The molecule has 2 heteroatoms. The van der Waals surface area contributed by atoms with Gasteiger partial charge in [0.2, 0.25) is 0 Å². The summed E-state index contributed by atoms with van der Waals surface area (Å²) < 4.78 is 5.28. The van der Waals surface area contributed by atoms with Crippen LogP contribution in [0.15, 0.2) is 42.5 Å². The zero-order chi connectivity index (χ0) is 11.8. The Labute approximate surface area is 99.9 Å². The molecule has 0 atom stereocenters. The average molecular weight is 224 g/mol. The Hall–Kier alpha value is -2.09. The minimum atomic E-state index is 0.0688. The van der Waals surface area contributed by atoms with Crippen molar-refractivity contribution in [2.24, 2.45) is 0 Å². The third-order valence-corrected chi connectivity index (χ3v) is 3.20. The topological polar surface area (TPSA) is 26.3 Å². The van der Waals surface area contributed by atoms with Crippen molar-refractivity contribution in [3.8, 4) is 5.75 Å². The van der Waals surface area contributed by atoms with E-state index in [1.165, 1.54) is 0 Å². The standard InChI is InChI=1S/C15H12O2/c1-17-13-8-4-6-11-9-10-5-2-3-7-12(10)15(16)14(11)13/h2-8H,9H2,1H3. The van der Waals surface area contributed by atoms with E-state index in [9.17, 15) is 4.79 Å². The third kappa shape index (κ3) is 1.45. The Morgan fingerprint density at radius 2 is 1.76 bits per heavy atom. The second kappa shape index (κ2) is 3.74. The number of methoxy groups -OCH3 is 1. The lowest BCUT2D eigenvalue weighted by Crippen LogP contribution is -2.15. The van der Waals surface area contributed by atoms with E-state index in [1.54, 1.807) is 7.11 Å². The first kappa shape index (κ1) is 10.1. The molecule has 0 saturated heterocycles. The van der Waals surface area contributed by atoms with Gasteiger partial charge in [-0.05, 0) is 23.6 Å². The molecule has 0 aliphatic heterocycles. The molecule has 2 aromatic rings. The predicted molar refractivity (Wildman–Crippen MR) is 65.7 cm³/mol. The van der Waals surface area contributed by atoms with Gasteiger partial charge in [0.05, 0.1) is 12.7 Å². The Bertz CT molecular complexity index is 600. The first-order valence-corrected chi connectivity index (χ1v) is 5.59. The zero-order valence-electron chi connectivity index (χ0n) is 9.57. The Morgan fingerprint density at radius 1 is 1.00 bits per heavy atom. The molecule has 0 radical (unpaired) electrons. The fourth-order valence-corrected chi connectivity index (χ4v) is 2.39. The summed E-state index contributed by atoms with van der Waals surface area (Å²) in [6.45, 7) is 0. The predicted octanol–water partition coefficient (Wildman–Crippen LogP) is 2.83. The van der Waals surface area contributed by atoms with Crippen molar-refractivity contribution in [1.29, 1.82) is 0 Å². The van der Waals surface area contributed by atoms with Crippen LogP contribution in [0.1, 0.15) is 27.0 Å². The number of carbonyl (C=O) groups excluding carboxylic acids is 1. The molecule has 0 N–H and O–H groups in total. The summed E-state index contributed by atoms with van der Waals surface area (Å²) in [5.41, 5.74) is 3.66. The van der Waals surface area contributed by atoms with Gasteiger partial charge in [0, 0.05) is 5.56 Å². The number of carbonyl (C=O) groups is 1. The first-order valence-electron chi connectivity index (χ1n) is 5.59. The summed E-state index contributed by atoms with van der Waals surface area (Å²) in [4.78, 5) is 12.4. The molecule has 2 nitrogen and oxygen atoms in total. The highest BCUT2D eigenvalue weighted by Gasteiger charge is 2.25. The van der Waals surface area contributed by atoms with Crippen molar-refractivity contribution in [3.63, 3.8) is 0 Å². The van der Waals surface area contributed by atoms with Crippen LogP contribution in [0.2, 0.25) is 0 Å². The van der Waals surface area contributed by atoms with Crippen LogP contribution in [-0.4, -0.2) is 12.9 Å². The maximum Gasteiger partial charge on any atom is 0.197 e. The second-order valence-electron chi connectivity index (χ2n) is 4.16. The van der Waals surface area contributed by atoms with Crippen molar-refractivity contribution in [2.45, 2.75) is 6.42 Å². The smallest absolute Gasteiger partial charge is 0.197 e. The van der Waals surface area contributed by atoms with Crippen LogP contribution in [0.3, 0.4) is 0 Å². The van der Waals surface area contributed by atoms with Gasteiger partial charge >= 0.3 is 0 Å². The lowest BCUT2D eigenvalue weighted by atomic mass is 9.84. The van der Waals surface area contributed by atoms with E-state index in [0.29, 0.717) is 11.3 Å². The number of ketones is 1. The fourth-order valence-electron chi connectivity index (χ4n) is 2.39. The van der Waals surface area contributed by atoms with Gasteiger partial charge < -0.3 is 4.74 Å². The molecule has 0 amide bonds. The lowest BCUT2D eigenvalue weighted by Gasteiger charge is -2.20. The molecule has 0 unspecified atom stereocenters. The molecule has 0 spiro atoms. The molecule has 0 heterocycles. The number of benzene rings is 2. The van der Waals surface area contributed by atoms with Crippen molar-refractivity contribution in [1.82, 2.24) is 0 Å². The summed E-state index contributed by atoms with van der Waals surface area (Å²) in [6.07, 6.45) is 0.800. The van der Waals surface area contributed by atoms with Crippen molar-refractivity contribution in [2.75, 3.05) is 7.11 Å². The van der Waals surface area contributed by atoms with E-state index in [-0.39, 0.29) is 5.78 Å². The highest BCUT2D eigenvalue weighted by molar-refractivity contribution is 6.14. The summed E-state index contributed by atoms with van der Waals surface area (Å²) in [5, 5.41) is 0. The van der Waals surface area contributed by atoms with Gasteiger partial charge in [-0.3, -0.25) is 4.79 Å². The SMILES string of the molecule is COc1cccc2c1C(=O)c1ccccc1C2. The van der Waals surface area contributed by atoms with Crippen LogP contribution in [0.4, 0.5) is 0 Å². The average Bonchev–Trinajstić information content (AvgIpc) is 2.38. The van der Waals surface area contributed by atoms with Crippen LogP contribution in [0, 0.1) is 0 Å². The number of hydrogen-bond donors (Lipinski definition) is 0.